The highest BCUT2D eigenvalue weighted by Crippen LogP contribution is 2.49. The van der Waals surface area contributed by atoms with Crippen LogP contribution in [-0.4, -0.2) is 8.80 Å². The van der Waals surface area contributed by atoms with E-state index >= 15 is 0 Å². The minimum absolute atomic E-state index is 0.538. The molecule has 0 radical (unpaired) electrons. The van der Waals surface area contributed by atoms with E-state index < -0.39 is 0 Å². The summed E-state index contributed by atoms with van der Waals surface area (Å²) in [6, 6.07) is 87.9. The zero-order valence-electron chi connectivity index (χ0n) is 46.3. The molecule has 10 heteroatoms. The maximum atomic E-state index is 7.54. The van der Waals surface area contributed by atoms with E-state index in [9.17, 15) is 0 Å². The molecule has 8 aromatic heterocycles. The molecule has 13 aromatic carbocycles. The number of hydrogen-bond donors (Lipinski definition) is 0. The van der Waals surface area contributed by atoms with Gasteiger partial charge in [0, 0.05) is 80.7 Å². The summed E-state index contributed by atoms with van der Waals surface area (Å²) in [6.45, 7) is 0. The van der Waals surface area contributed by atoms with E-state index in [-0.39, 0.29) is 0 Å². The fraction of sp³-hybridized carbons (Fsp3) is 0. The Morgan fingerprint density at radius 1 is 0.227 bits per heavy atom. The molecule has 0 saturated heterocycles. The molecule has 21 rings (SSSR count). The Morgan fingerprint density at radius 2 is 0.466 bits per heavy atom. The molecule has 0 aliphatic heterocycles. The van der Waals surface area contributed by atoms with Crippen LogP contribution in [0.2, 0.25) is 0 Å². The van der Waals surface area contributed by atoms with Crippen molar-refractivity contribution in [3.8, 4) is 44.5 Å². The third kappa shape index (κ3) is 6.53. The van der Waals surface area contributed by atoms with Crippen molar-refractivity contribution in [2.45, 2.75) is 0 Å². The first-order valence-corrected chi connectivity index (χ1v) is 32.6. The van der Waals surface area contributed by atoms with Crippen LogP contribution in [0.15, 0.2) is 260 Å². The van der Waals surface area contributed by atoms with Gasteiger partial charge in [0.05, 0.1) is 22.1 Å². The molecule has 0 fully saturated rings. The molecule has 0 saturated carbocycles. The lowest BCUT2D eigenvalue weighted by Crippen LogP contribution is -2.02. The second kappa shape index (κ2) is 17.6. The molecular formula is C78H40N2O4S4. The van der Waals surface area contributed by atoms with Gasteiger partial charge in [0.1, 0.15) is 11.0 Å². The molecule has 88 heavy (non-hydrogen) atoms. The summed E-state index contributed by atoms with van der Waals surface area (Å²) in [7, 11) is 0. The highest BCUT2D eigenvalue weighted by molar-refractivity contribution is 7.27. The Balaban J connectivity index is 0.902. The molecule has 0 N–H and O–H groups in total. The molecule has 0 unspecified atom stereocenters. The molecule has 410 valence electrons. The van der Waals surface area contributed by atoms with E-state index in [1.807, 2.05) is 45.3 Å². The molecule has 8 heterocycles. The Bertz CT molecular complexity index is 5920. The van der Waals surface area contributed by atoms with Gasteiger partial charge in [0.25, 0.3) is 0 Å². The maximum Gasteiger partial charge on any atom is 0.200 e. The summed E-state index contributed by atoms with van der Waals surface area (Å²) >= 11 is 7.32. The summed E-state index contributed by atoms with van der Waals surface area (Å²) in [5.41, 5.74) is 18.7. The van der Waals surface area contributed by atoms with Gasteiger partial charge in [-0.25, -0.2) is 0 Å². The highest BCUT2D eigenvalue weighted by Gasteiger charge is 2.28. The smallest absolute Gasteiger partial charge is 0.200 e. The van der Waals surface area contributed by atoms with Crippen LogP contribution < -0.4 is 0 Å². The predicted octanol–water partition coefficient (Wildman–Crippen LogP) is 24.7. The van der Waals surface area contributed by atoms with Crippen LogP contribution in [0.5, 0.6) is 0 Å². The van der Waals surface area contributed by atoms with Gasteiger partial charge in [-0.2, -0.15) is 0 Å². The van der Waals surface area contributed by atoms with Crippen molar-refractivity contribution in [2.75, 3.05) is 0 Å². The van der Waals surface area contributed by atoms with Gasteiger partial charge in [0.2, 0.25) is 0 Å². The topological polar surface area (TPSA) is 61.4 Å². The van der Waals surface area contributed by atoms with Crippen molar-refractivity contribution in [1.82, 2.24) is 8.80 Å². The molecule has 0 spiro atoms. The minimum atomic E-state index is 0.538. The fourth-order valence-electron chi connectivity index (χ4n) is 14.3. The predicted molar refractivity (Wildman–Crippen MR) is 373 cm³/mol. The fourth-order valence-corrected chi connectivity index (χ4v) is 19.2. The van der Waals surface area contributed by atoms with E-state index in [1.165, 1.54) is 80.7 Å². The number of rotatable bonds is 4. The normalized spacial score (nSPS) is 12.5. The third-order valence-electron chi connectivity index (χ3n) is 18.2. The minimum Gasteiger partial charge on any atom is -0.449 e. The van der Waals surface area contributed by atoms with E-state index in [2.05, 4.69) is 251 Å². The van der Waals surface area contributed by atoms with Gasteiger partial charge >= 0.3 is 0 Å². The Kier molecular flexibility index (Phi) is 9.55. The molecule has 21 aromatic rings. The van der Waals surface area contributed by atoms with Crippen molar-refractivity contribution in [3.05, 3.63) is 243 Å². The van der Waals surface area contributed by atoms with Crippen LogP contribution in [0.1, 0.15) is 0 Å². The molecule has 0 aliphatic rings. The van der Waals surface area contributed by atoms with Gasteiger partial charge in [-0.3, -0.25) is 8.80 Å². The second-order valence-corrected chi connectivity index (χ2v) is 27.2. The third-order valence-corrected chi connectivity index (χ3v) is 23.1. The number of fused-ring (bicyclic) bond motifs is 22. The maximum absolute atomic E-state index is 7.54. The van der Waals surface area contributed by atoms with Crippen LogP contribution in [0.4, 0.5) is 0 Å². The summed E-state index contributed by atoms with van der Waals surface area (Å²) in [6.07, 6.45) is 0. The average Bonchev–Trinajstić information content (AvgIpc) is 1.04. The van der Waals surface area contributed by atoms with E-state index in [4.69, 9.17) is 17.7 Å². The van der Waals surface area contributed by atoms with E-state index in [0.717, 1.165) is 66.6 Å². The van der Waals surface area contributed by atoms with Crippen molar-refractivity contribution < 1.29 is 17.7 Å². The van der Waals surface area contributed by atoms with Crippen LogP contribution in [0, 0.1) is 0 Å². The molecule has 0 atom stereocenters. The number of aromatic nitrogens is 2. The van der Waals surface area contributed by atoms with E-state index in [1.54, 1.807) is 0 Å². The van der Waals surface area contributed by atoms with Gasteiger partial charge in [-0.15, -0.1) is 45.3 Å². The molecule has 0 amide bonds. The van der Waals surface area contributed by atoms with Crippen molar-refractivity contribution in [1.29, 1.82) is 0 Å². The average molecular weight is 1200 g/mol. The van der Waals surface area contributed by atoms with Gasteiger partial charge in [0.15, 0.2) is 44.7 Å². The Labute approximate surface area is 513 Å². The lowest BCUT2D eigenvalue weighted by molar-refractivity contribution is 0.597. The molecule has 0 aliphatic carbocycles. The van der Waals surface area contributed by atoms with Crippen molar-refractivity contribution in [3.63, 3.8) is 0 Å². The van der Waals surface area contributed by atoms with Crippen LogP contribution in [0.3, 0.4) is 0 Å². The zero-order valence-corrected chi connectivity index (χ0v) is 49.5. The summed E-state index contributed by atoms with van der Waals surface area (Å²) in [5, 5.41) is 10.0. The summed E-state index contributed by atoms with van der Waals surface area (Å²) in [4.78, 5) is 0. The second-order valence-electron chi connectivity index (χ2n) is 22.9. The lowest BCUT2D eigenvalue weighted by Gasteiger charge is -2.20. The van der Waals surface area contributed by atoms with Gasteiger partial charge < -0.3 is 17.7 Å². The molecule has 0 bridgehead atoms. The lowest BCUT2D eigenvalue weighted by atomic mass is 10.0. The number of nitrogens with zero attached hydrogens (tertiary/aromatic N) is 2. The van der Waals surface area contributed by atoms with E-state index in [0.29, 0.717) is 55.7 Å². The van der Waals surface area contributed by atoms with Crippen LogP contribution in [-0.2, 0) is 0 Å². The Hall–Kier alpha value is -10.5. The van der Waals surface area contributed by atoms with Crippen LogP contribution >= 0.6 is 45.3 Å². The zero-order chi connectivity index (χ0) is 57.0. The Morgan fingerprint density at radius 3 is 0.727 bits per heavy atom. The SMILES string of the molecule is c1ccc2c(c1)sc1c(-c3ccc4c(c3)oc3c5oc6cc(-c7cccc8c7sc7ccccc78)ccc6n6c7ccc(-c8cccc9c8sc8ccccc89)cc7oc(c7oc8cc(-c9cccc%10c9sc9ccccc9%10)ccc8n4c37)c56)cccc12. The first kappa shape index (κ1) is 47.7. The quantitative estimate of drug-likeness (QED) is 0.130. The largest absolute Gasteiger partial charge is 0.449 e. The molecule has 6 nitrogen and oxygen atoms in total. The van der Waals surface area contributed by atoms with Crippen LogP contribution in [0.25, 0.3) is 203 Å². The number of hydrogen-bond acceptors (Lipinski definition) is 8. The number of thiophene rings is 4. The standard InChI is InChI=1S/C78H40N2O4S4/c1-5-25-65-49(13-1)53-21-9-17-45(75(53)85-65)41-29-33-57-61(37-41)81-71-69-73(83-62-38-42(30-34-58(62)79(57)69)46-18-10-22-54-50-14-2-6-26-66(50)86-76(46)54)74-70-72(71)82-63-39-43(47-19-11-23-55-51-15-3-7-27-67(51)87-77(47)55)31-35-59(63)80(70)60-36-32-44(40-64(60)84-74)48-20-12-24-56-52-16-4-8-28-68(52)88-78(48)56/h1-40H. The molecular weight excluding hydrogens is 1160 g/mol. The van der Waals surface area contributed by atoms with Crippen molar-refractivity contribution >= 4 is 204 Å². The van der Waals surface area contributed by atoms with Gasteiger partial charge in [-0.05, 0) is 117 Å². The number of benzene rings is 13. The monoisotopic (exact) mass is 1200 g/mol. The van der Waals surface area contributed by atoms with Gasteiger partial charge in [-0.1, -0.05) is 170 Å². The highest BCUT2D eigenvalue weighted by atomic mass is 32.1. The summed E-state index contributed by atoms with van der Waals surface area (Å²) < 4.78 is 44.8. The first-order chi connectivity index (χ1) is 43.6. The summed E-state index contributed by atoms with van der Waals surface area (Å²) in [5.74, 6) is 0. The van der Waals surface area contributed by atoms with Crippen molar-refractivity contribution in [2.24, 2.45) is 0 Å². The first-order valence-electron chi connectivity index (χ1n) is 29.3.